The molecule has 0 unspecified atom stereocenters. The number of hydrogen-bond acceptors (Lipinski definition) is 1. The minimum atomic E-state index is 0.880. The van der Waals surface area contributed by atoms with Gasteiger partial charge in [0.1, 0.15) is 5.65 Å². The number of nitrogens with zero attached hydrogens (tertiary/aromatic N) is 2. The Kier molecular flexibility index (Phi) is 4.62. The van der Waals surface area contributed by atoms with E-state index in [0.29, 0.717) is 0 Å². The first kappa shape index (κ1) is 21.2. The molecule has 0 saturated carbocycles. The van der Waals surface area contributed by atoms with Crippen molar-refractivity contribution in [3.05, 3.63) is 138 Å². The Bertz CT molecular complexity index is 2090. The van der Waals surface area contributed by atoms with E-state index in [1.807, 2.05) is 0 Å². The Hall–Kier alpha value is -4.95. The van der Waals surface area contributed by atoms with E-state index in [9.17, 15) is 0 Å². The van der Waals surface area contributed by atoms with Crippen molar-refractivity contribution < 1.29 is 0 Å². The zero-order chi connectivity index (χ0) is 25.1. The molecule has 0 aliphatic heterocycles. The van der Waals surface area contributed by atoms with Crippen LogP contribution >= 0.6 is 0 Å². The highest BCUT2D eigenvalue weighted by Crippen LogP contribution is 2.37. The van der Waals surface area contributed by atoms with E-state index in [1.54, 1.807) is 0 Å². The molecule has 0 radical (unpaired) electrons. The summed E-state index contributed by atoms with van der Waals surface area (Å²) in [7, 11) is 0. The summed E-state index contributed by atoms with van der Waals surface area (Å²) in [4.78, 5) is 5.07. The fourth-order valence-electron chi connectivity index (χ4n) is 5.92. The van der Waals surface area contributed by atoms with Gasteiger partial charge in [-0.1, -0.05) is 103 Å². The van der Waals surface area contributed by atoms with Gasteiger partial charge in [0.05, 0.1) is 16.6 Å². The lowest BCUT2D eigenvalue weighted by atomic mass is 9.95. The molecule has 5 aromatic carbocycles. The Balaban J connectivity index is 1.28. The SMILES string of the molecule is C1=Cc2c(c3ccccc3n3c2nc2ccccc23)C=C(c2ccc(-c3ccc4ccccc4c3)cc2)C1. The van der Waals surface area contributed by atoms with Crippen molar-refractivity contribution in [2.75, 3.05) is 0 Å². The number of pyridine rings is 1. The van der Waals surface area contributed by atoms with Crippen molar-refractivity contribution in [3.8, 4) is 11.1 Å². The van der Waals surface area contributed by atoms with Crippen LogP contribution in [0, 0.1) is 0 Å². The van der Waals surface area contributed by atoms with E-state index < -0.39 is 0 Å². The molecule has 2 aromatic heterocycles. The minimum Gasteiger partial charge on any atom is -0.292 e. The molecule has 0 atom stereocenters. The molecular formula is C36H24N2. The summed E-state index contributed by atoms with van der Waals surface area (Å²) in [6, 6.07) is 41.4. The molecule has 8 rings (SSSR count). The first-order valence-electron chi connectivity index (χ1n) is 13.1. The average molecular weight is 485 g/mol. The molecule has 1 aliphatic rings. The number of imidazole rings is 1. The van der Waals surface area contributed by atoms with Crippen LogP contribution in [0.3, 0.4) is 0 Å². The first-order valence-corrected chi connectivity index (χ1v) is 13.1. The molecule has 38 heavy (non-hydrogen) atoms. The summed E-state index contributed by atoms with van der Waals surface area (Å²) >= 11 is 0. The number of rotatable bonds is 2. The van der Waals surface area contributed by atoms with Crippen molar-refractivity contribution in [1.82, 2.24) is 9.38 Å². The second kappa shape index (κ2) is 8.29. The molecule has 7 aromatic rings. The van der Waals surface area contributed by atoms with Gasteiger partial charge < -0.3 is 0 Å². The van der Waals surface area contributed by atoms with E-state index in [0.717, 1.165) is 23.1 Å². The maximum atomic E-state index is 5.07. The molecule has 0 bridgehead atoms. The fourth-order valence-corrected chi connectivity index (χ4v) is 5.92. The maximum Gasteiger partial charge on any atom is 0.146 e. The highest BCUT2D eigenvalue weighted by molar-refractivity contribution is 6.04. The second-order valence-electron chi connectivity index (χ2n) is 10.0. The molecule has 178 valence electrons. The Labute approximate surface area is 220 Å². The third kappa shape index (κ3) is 3.24. The van der Waals surface area contributed by atoms with Crippen LogP contribution in [0.25, 0.3) is 67.2 Å². The van der Waals surface area contributed by atoms with Gasteiger partial charge in [0.15, 0.2) is 0 Å². The molecule has 0 saturated heterocycles. The van der Waals surface area contributed by atoms with Gasteiger partial charge in [-0.15, -0.1) is 0 Å². The van der Waals surface area contributed by atoms with Crippen LogP contribution in [0.2, 0.25) is 0 Å². The predicted octanol–water partition coefficient (Wildman–Crippen LogP) is 9.42. The van der Waals surface area contributed by atoms with E-state index in [1.165, 1.54) is 55.1 Å². The summed E-state index contributed by atoms with van der Waals surface area (Å²) < 4.78 is 2.31. The smallest absolute Gasteiger partial charge is 0.146 e. The summed E-state index contributed by atoms with van der Waals surface area (Å²) in [6.45, 7) is 0. The molecule has 0 fully saturated rings. The Morgan fingerprint density at radius 3 is 2.18 bits per heavy atom. The zero-order valence-electron chi connectivity index (χ0n) is 20.8. The highest BCUT2D eigenvalue weighted by atomic mass is 15.0. The summed E-state index contributed by atoms with van der Waals surface area (Å²) in [6.07, 6.45) is 7.80. The number of para-hydroxylation sites is 3. The monoisotopic (exact) mass is 484 g/mol. The van der Waals surface area contributed by atoms with Gasteiger partial charge >= 0.3 is 0 Å². The summed E-state index contributed by atoms with van der Waals surface area (Å²) in [5.74, 6) is 0. The van der Waals surface area contributed by atoms with Gasteiger partial charge in [-0.05, 0) is 75.4 Å². The topological polar surface area (TPSA) is 17.3 Å². The zero-order valence-corrected chi connectivity index (χ0v) is 20.8. The van der Waals surface area contributed by atoms with Crippen molar-refractivity contribution >= 4 is 56.1 Å². The van der Waals surface area contributed by atoms with Gasteiger partial charge in [0.2, 0.25) is 0 Å². The van der Waals surface area contributed by atoms with Gasteiger partial charge in [-0.2, -0.15) is 0 Å². The summed E-state index contributed by atoms with van der Waals surface area (Å²) in [5, 5.41) is 3.79. The van der Waals surface area contributed by atoms with Crippen molar-refractivity contribution in [3.63, 3.8) is 0 Å². The fraction of sp³-hybridized carbons (Fsp3) is 0.0278. The van der Waals surface area contributed by atoms with Crippen LogP contribution in [0.5, 0.6) is 0 Å². The quantitative estimate of drug-likeness (QED) is 0.239. The number of aromatic nitrogens is 2. The van der Waals surface area contributed by atoms with Crippen LogP contribution in [-0.4, -0.2) is 9.38 Å². The molecule has 0 spiro atoms. The predicted molar refractivity (Wildman–Crippen MR) is 161 cm³/mol. The summed E-state index contributed by atoms with van der Waals surface area (Å²) in [5.41, 5.74) is 11.8. The number of allylic oxidation sites excluding steroid dienone is 2. The molecule has 2 heterocycles. The number of fused-ring (bicyclic) bond motifs is 9. The van der Waals surface area contributed by atoms with Crippen molar-refractivity contribution in [1.29, 1.82) is 0 Å². The molecule has 2 nitrogen and oxygen atoms in total. The maximum absolute atomic E-state index is 5.07. The van der Waals surface area contributed by atoms with Gasteiger partial charge in [-0.25, -0.2) is 4.98 Å². The third-order valence-corrected chi connectivity index (χ3v) is 7.81. The lowest BCUT2D eigenvalue weighted by molar-refractivity contribution is 1.29. The molecule has 1 aliphatic carbocycles. The van der Waals surface area contributed by atoms with Gasteiger partial charge in [0, 0.05) is 10.9 Å². The van der Waals surface area contributed by atoms with E-state index >= 15 is 0 Å². The van der Waals surface area contributed by atoms with Crippen molar-refractivity contribution in [2.45, 2.75) is 6.42 Å². The number of benzene rings is 5. The van der Waals surface area contributed by atoms with E-state index in [4.69, 9.17) is 4.98 Å². The number of hydrogen-bond donors (Lipinski definition) is 0. The van der Waals surface area contributed by atoms with Gasteiger partial charge in [-0.3, -0.25) is 4.40 Å². The van der Waals surface area contributed by atoms with Crippen LogP contribution in [0.1, 0.15) is 23.1 Å². The second-order valence-corrected chi connectivity index (χ2v) is 10.0. The third-order valence-electron chi connectivity index (χ3n) is 7.81. The van der Waals surface area contributed by atoms with Crippen molar-refractivity contribution in [2.24, 2.45) is 0 Å². The molecule has 0 N–H and O–H groups in total. The molecule has 0 amide bonds. The van der Waals surface area contributed by atoms with Crippen LogP contribution in [0.4, 0.5) is 0 Å². The first-order chi connectivity index (χ1) is 18.8. The van der Waals surface area contributed by atoms with Crippen LogP contribution in [-0.2, 0) is 0 Å². The van der Waals surface area contributed by atoms with Crippen LogP contribution < -0.4 is 0 Å². The molecular weight excluding hydrogens is 460 g/mol. The minimum absolute atomic E-state index is 0.880. The van der Waals surface area contributed by atoms with Gasteiger partial charge in [0.25, 0.3) is 0 Å². The lowest BCUT2D eigenvalue weighted by Gasteiger charge is -2.12. The molecule has 2 heteroatoms. The van der Waals surface area contributed by atoms with E-state index in [2.05, 4.69) is 138 Å². The average Bonchev–Trinajstić information content (AvgIpc) is 3.22. The normalized spacial score (nSPS) is 13.2. The standard InChI is InChI=1S/C36H24N2/c1-2-9-27-22-29(21-20-24(27)8-1)26-18-16-25(17-19-26)28-10-7-12-31-32(23-28)30-11-3-5-14-34(30)38-35-15-6-4-13-33(35)37-36(31)38/h1-9,11-23H,10H2. The largest absolute Gasteiger partial charge is 0.292 e. The Morgan fingerprint density at radius 2 is 1.29 bits per heavy atom. The van der Waals surface area contributed by atoms with E-state index in [-0.39, 0.29) is 0 Å². The van der Waals surface area contributed by atoms with Crippen LogP contribution in [0.15, 0.2) is 121 Å². The Morgan fingerprint density at radius 1 is 0.579 bits per heavy atom. The highest BCUT2D eigenvalue weighted by Gasteiger charge is 2.18. The lowest BCUT2D eigenvalue weighted by Crippen LogP contribution is -1.96.